The van der Waals surface area contributed by atoms with Gasteiger partial charge in [-0.3, -0.25) is 4.99 Å². The second-order valence-electron chi connectivity index (χ2n) is 6.12. The molecule has 0 aromatic heterocycles. The SMILES string of the molecule is Cc1ccc(N=Cc2cc(Cl)ccc2OCc2ccc(Br)cc2)cc1C. The summed E-state index contributed by atoms with van der Waals surface area (Å²) in [4.78, 5) is 4.58. The summed E-state index contributed by atoms with van der Waals surface area (Å²) in [6.07, 6.45) is 1.80. The molecule has 0 radical (unpaired) electrons. The number of ether oxygens (including phenoxy) is 1. The Balaban J connectivity index is 1.79. The van der Waals surface area contributed by atoms with Gasteiger partial charge in [0, 0.05) is 21.3 Å². The zero-order valence-corrected chi connectivity index (χ0v) is 17.0. The van der Waals surface area contributed by atoms with Crippen LogP contribution in [-0.2, 0) is 6.61 Å². The van der Waals surface area contributed by atoms with Gasteiger partial charge in [-0.05, 0) is 73.0 Å². The maximum atomic E-state index is 6.16. The molecule has 2 nitrogen and oxygen atoms in total. The summed E-state index contributed by atoms with van der Waals surface area (Å²) < 4.78 is 7.03. The van der Waals surface area contributed by atoms with Crippen molar-refractivity contribution in [1.29, 1.82) is 0 Å². The van der Waals surface area contributed by atoms with Crippen LogP contribution in [-0.4, -0.2) is 6.21 Å². The highest BCUT2D eigenvalue weighted by Gasteiger charge is 2.04. The lowest BCUT2D eigenvalue weighted by molar-refractivity contribution is 0.306. The summed E-state index contributed by atoms with van der Waals surface area (Å²) in [6, 6.07) is 19.8. The molecule has 0 N–H and O–H groups in total. The van der Waals surface area contributed by atoms with Crippen molar-refractivity contribution < 1.29 is 4.74 Å². The summed E-state index contributed by atoms with van der Waals surface area (Å²) in [5.74, 6) is 0.755. The first-order valence-corrected chi connectivity index (χ1v) is 9.46. The second kappa shape index (κ2) is 8.52. The van der Waals surface area contributed by atoms with E-state index in [1.807, 2.05) is 48.5 Å². The predicted molar refractivity (Wildman–Crippen MR) is 113 cm³/mol. The molecule has 0 aliphatic carbocycles. The lowest BCUT2D eigenvalue weighted by Crippen LogP contribution is -1.98. The Morgan fingerprint density at radius 3 is 2.46 bits per heavy atom. The minimum atomic E-state index is 0.486. The van der Waals surface area contributed by atoms with Gasteiger partial charge in [0.15, 0.2) is 0 Å². The molecular weight excluding hydrogens is 410 g/mol. The van der Waals surface area contributed by atoms with Crippen molar-refractivity contribution in [1.82, 2.24) is 0 Å². The van der Waals surface area contributed by atoms with E-state index in [2.05, 4.69) is 46.9 Å². The highest BCUT2D eigenvalue weighted by Crippen LogP contribution is 2.24. The maximum absolute atomic E-state index is 6.16. The van der Waals surface area contributed by atoms with Crippen molar-refractivity contribution in [2.45, 2.75) is 20.5 Å². The van der Waals surface area contributed by atoms with Gasteiger partial charge in [-0.15, -0.1) is 0 Å². The highest BCUT2D eigenvalue weighted by molar-refractivity contribution is 9.10. The highest BCUT2D eigenvalue weighted by atomic mass is 79.9. The van der Waals surface area contributed by atoms with Crippen molar-refractivity contribution in [3.8, 4) is 5.75 Å². The first-order valence-electron chi connectivity index (χ1n) is 8.29. The van der Waals surface area contributed by atoms with Crippen LogP contribution in [0.15, 0.2) is 70.1 Å². The van der Waals surface area contributed by atoms with Crippen LogP contribution in [0.4, 0.5) is 5.69 Å². The van der Waals surface area contributed by atoms with E-state index in [0.717, 1.165) is 27.0 Å². The van der Waals surface area contributed by atoms with Crippen LogP contribution in [0.1, 0.15) is 22.3 Å². The van der Waals surface area contributed by atoms with Crippen LogP contribution in [0.2, 0.25) is 5.02 Å². The van der Waals surface area contributed by atoms with Crippen LogP contribution in [0.25, 0.3) is 0 Å². The topological polar surface area (TPSA) is 21.6 Å². The fourth-order valence-electron chi connectivity index (χ4n) is 2.44. The quantitative estimate of drug-likeness (QED) is 0.399. The Bertz CT molecular complexity index is 935. The second-order valence-corrected chi connectivity index (χ2v) is 7.48. The molecule has 0 aliphatic heterocycles. The number of hydrogen-bond donors (Lipinski definition) is 0. The summed E-state index contributed by atoms with van der Waals surface area (Å²) >= 11 is 9.60. The molecule has 4 heteroatoms. The minimum Gasteiger partial charge on any atom is -0.488 e. The van der Waals surface area contributed by atoms with Gasteiger partial charge in [0.05, 0.1) is 5.69 Å². The first-order chi connectivity index (χ1) is 12.5. The third kappa shape index (κ3) is 4.96. The third-order valence-electron chi connectivity index (χ3n) is 4.12. The summed E-state index contributed by atoms with van der Waals surface area (Å²) in [6.45, 7) is 4.66. The van der Waals surface area contributed by atoms with Gasteiger partial charge in [0.1, 0.15) is 12.4 Å². The largest absolute Gasteiger partial charge is 0.488 e. The van der Waals surface area contributed by atoms with Crippen LogP contribution in [0.3, 0.4) is 0 Å². The number of nitrogens with zero attached hydrogens (tertiary/aromatic N) is 1. The Morgan fingerprint density at radius 2 is 1.73 bits per heavy atom. The Labute approximate surface area is 167 Å². The minimum absolute atomic E-state index is 0.486. The van der Waals surface area contributed by atoms with Gasteiger partial charge in [-0.1, -0.05) is 45.7 Å². The molecule has 0 saturated carbocycles. The fourth-order valence-corrected chi connectivity index (χ4v) is 2.89. The number of hydrogen-bond acceptors (Lipinski definition) is 2. The molecule has 3 rings (SSSR count). The lowest BCUT2D eigenvalue weighted by atomic mass is 10.1. The van der Waals surface area contributed by atoms with Crippen LogP contribution in [0, 0.1) is 13.8 Å². The zero-order valence-electron chi connectivity index (χ0n) is 14.7. The molecule has 0 heterocycles. The molecule has 3 aromatic carbocycles. The number of aryl methyl sites for hydroxylation is 2. The van der Waals surface area contributed by atoms with Gasteiger partial charge in [-0.2, -0.15) is 0 Å². The van der Waals surface area contributed by atoms with Gasteiger partial charge < -0.3 is 4.74 Å². The average molecular weight is 429 g/mol. The molecule has 0 atom stereocenters. The van der Waals surface area contributed by atoms with E-state index in [9.17, 15) is 0 Å². The maximum Gasteiger partial charge on any atom is 0.128 e. The predicted octanol–water partition coefficient (Wildman–Crippen LogP) is 7.05. The number of benzene rings is 3. The van der Waals surface area contributed by atoms with Crippen molar-refractivity contribution in [3.05, 3.63) is 92.4 Å². The Morgan fingerprint density at radius 1 is 0.962 bits per heavy atom. The molecule has 0 spiro atoms. The number of rotatable bonds is 5. The Kier molecular flexibility index (Phi) is 6.12. The molecule has 3 aromatic rings. The summed E-state index contributed by atoms with van der Waals surface area (Å²) in [5, 5.41) is 0.655. The summed E-state index contributed by atoms with van der Waals surface area (Å²) in [5.41, 5.74) is 5.34. The molecule has 0 fully saturated rings. The van der Waals surface area contributed by atoms with E-state index in [4.69, 9.17) is 16.3 Å². The van der Waals surface area contributed by atoms with E-state index in [0.29, 0.717) is 11.6 Å². The van der Waals surface area contributed by atoms with E-state index >= 15 is 0 Å². The first kappa shape index (κ1) is 18.7. The molecule has 0 unspecified atom stereocenters. The molecule has 132 valence electrons. The van der Waals surface area contributed by atoms with E-state index < -0.39 is 0 Å². The van der Waals surface area contributed by atoms with Crippen LogP contribution in [0.5, 0.6) is 5.75 Å². The van der Waals surface area contributed by atoms with Crippen molar-refractivity contribution in [3.63, 3.8) is 0 Å². The normalized spacial score (nSPS) is 11.1. The van der Waals surface area contributed by atoms with Gasteiger partial charge in [0.2, 0.25) is 0 Å². The lowest BCUT2D eigenvalue weighted by Gasteiger charge is -2.10. The van der Waals surface area contributed by atoms with Crippen LogP contribution < -0.4 is 4.74 Å². The fraction of sp³-hybridized carbons (Fsp3) is 0.136. The molecule has 26 heavy (non-hydrogen) atoms. The summed E-state index contributed by atoms with van der Waals surface area (Å²) in [7, 11) is 0. The molecule has 0 aliphatic rings. The van der Waals surface area contributed by atoms with Crippen molar-refractivity contribution in [2.24, 2.45) is 4.99 Å². The van der Waals surface area contributed by atoms with Crippen molar-refractivity contribution in [2.75, 3.05) is 0 Å². The number of aliphatic imine (C=N–C) groups is 1. The molecule has 0 amide bonds. The van der Waals surface area contributed by atoms with Crippen LogP contribution >= 0.6 is 27.5 Å². The van der Waals surface area contributed by atoms with E-state index in [1.165, 1.54) is 11.1 Å². The third-order valence-corrected chi connectivity index (χ3v) is 4.89. The van der Waals surface area contributed by atoms with Gasteiger partial charge >= 0.3 is 0 Å². The molecule has 0 saturated heterocycles. The van der Waals surface area contributed by atoms with Crippen molar-refractivity contribution >= 4 is 39.4 Å². The average Bonchev–Trinajstić information content (AvgIpc) is 2.63. The zero-order chi connectivity index (χ0) is 18.5. The standard InChI is InChI=1S/C22H19BrClNO/c1-15-3-9-21(11-16(15)2)25-13-18-12-20(24)8-10-22(18)26-14-17-4-6-19(23)7-5-17/h3-13H,14H2,1-2H3. The molecule has 0 bridgehead atoms. The molecular formula is C22H19BrClNO. The number of halogens is 2. The Hall–Kier alpha value is -2.10. The van der Waals surface area contributed by atoms with E-state index in [1.54, 1.807) is 6.21 Å². The van der Waals surface area contributed by atoms with Gasteiger partial charge in [-0.25, -0.2) is 0 Å². The monoisotopic (exact) mass is 427 g/mol. The smallest absolute Gasteiger partial charge is 0.128 e. The van der Waals surface area contributed by atoms with E-state index in [-0.39, 0.29) is 0 Å². The van der Waals surface area contributed by atoms with Gasteiger partial charge in [0.25, 0.3) is 0 Å².